The summed E-state index contributed by atoms with van der Waals surface area (Å²) in [6.07, 6.45) is 1.87. The van der Waals surface area contributed by atoms with Crippen LogP contribution in [-0.2, 0) is 0 Å². The van der Waals surface area contributed by atoms with Gasteiger partial charge in [0, 0.05) is 39.6 Å². The molecule has 0 aliphatic rings. The van der Waals surface area contributed by atoms with Gasteiger partial charge >= 0.3 is 0 Å². The van der Waals surface area contributed by atoms with Crippen LogP contribution in [0, 0.1) is 0 Å². The Morgan fingerprint density at radius 2 is 0.820 bits per heavy atom. The number of para-hydroxylation sites is 1. The first-order chi connectivity index (χ1) is 24.8. The molecule has 50 heavy (non-hydrogen) atoms. The summed E-state index contributed by atoms with van der Waals surface area (Å²) in [7, 11) is 0. The number of anilines is 3. The molecule has 0 N–H and O–H groups in total. The minimum Gasteiger partial charge on any atom is -0.454 e. The lowest BCUT2D eigenvalue weighted by Crippen LogP contribution is -2.09. The third kappa shape index (κ3) is 5.51. The van der Waals surface area contributed by atoms with Gasteiger partial charge in [-0.05, 0) is 88.0 Å². The molecule has 0 atom stereocenters. The van der Waals surface area contributed by atoms with Crippen LogP contribution in [0.25, 0.3) is 66.6 Å². The van der Waals surface area contributed by atoms with Crippen molar-refractivity contribution >= 4 is 39.0 Å². The van der Waals surface area contributed by atoms with Gasteiger partial charge in [0.2, 0.25) is 0 Å². The SMILES string of the molecule is c1ccc(-c2ccc(N(c3ccc(-c4ccccc4)cc3)c3ccc(-c4cccc(-c5nccc6c5oc5ccccc56)c4)cc3)cc2)cc1. The highest BCUT2D eigenvalue weighted by Crippen LogP contribution is 2.39. The van der Waals surface area contributed by atoms with Crippen molar-refractivity contribution in [1.82, 2.24) is 4.98 Å². The van der Waals surface area contributed by atoms with Gasteiger partial charge in [0.1, 0.15) is 11.3 Å². The molecule has 3 nitrogen and oxygen atoms in total. The molecule has 0 fully saturated rings. The van der Waals surface area contributed by atoms with E-state index in [-0.39, 0.29) is 0 Å². The highest BCUT2D eigenvalue weighted by molar-refractivity contribution is 6.08. The first-order valence-corrected chi connectivity index (χ1v) is 16.9. The first kappa shape index (κ1) is 29.4. The second-order valence-electron chi connectivity index (χ2n) is 12.4. The molecular formula is C47H32N2O. The van der Waals surface area contributed by atoms with Gasteiger partial charge in [-0.15, -0.1) is 0 Å². The predicted molar refractivity (Wildman–Crippen MR) is 208 cm³/mol. The number of nitrogens with zero attached hydrogens (tertiary/aromatic N) is 2. The van der Waals surface area contributed by atoms with Crippen LogP contribution in [0.5, 0.6) is 0 Å². The van der Waals surface area contributed by atoms with Crippen LogP contribution in [0.4, 0.5) is 17.1 Å². The molecule has 0 radical (unpaired) electrons. The molecule has 236 valence electrons. The third-order valence-electron chi connectivity index (χ3n) is 9.35. The lowest BCUT2D eigenvalue weighted by atomic mass is 10.00. The zero-order chi connectivity index (χ0) is 33.3. The highest BCUT2D eigenvalue weighted by Gasteiger charge is 2.16. The third-order valence-corrected chi connectivity index (χ3v) is 9.35. The molecular weight excluding hydrogens is 609 g/mol. The maximum Gasteiger partial charge on any atom is 0.161 e. The van der Waals surface area contributed by atoms with E-state index in [1.165, 1.54) is 22.3 Å². The zero-order valence-electron chi connectivity index (χ0n) is 27.3. The Morgan fingerprint density at radius 3 is 1.40 bits per heavy atom. The fourth-order valence-corrected chi connectivity index (χ4v) is 6.82. The predicted octanol–water partition coefficient (Wildman–Crippen LogP) is 13.1. The molecule has 2 aromatic heterocycles. The van der Waals surface area contributed by atoms with Crippen molar-refractivity contribution in [3.63, 3.8) is 0 Å². The van der Waals surface area contributed by atoms with Crippen LogP contribution in [0.1, 0.15) is 0 Å². The molecule has 9 aromatic rings. The van der Waals surface area contributed by atoms with E-state index >= 15 is 0 Å². The second kappa shape index (κ2) is 12.7. The van der Waals surface area contributed by atoms with Gasteiger partial charge in [-0.25, -0.2) is 0 Å². The van der Waals surface area contributed by atoms with Crippen molar-refractivity contribution in [2.45, 2.75) is 0 Å². The largest absolute Gasteiger partial charge is 0.454 e. The second-order valence-corrected chi connectivity index (χ2v) is 12.4. The average molecular weight is 641 g/mol. The Balaban J connectivity index is 1.07. The van der Waals surface area contributed by atoms with E-state index in [4.69, 9.17) is 9.40 Å². The molecule has 7 aromatic carbocycles. The Hall–Kier alpha value is -6.71. The van der Waals surface area contributed by atoms with Crippen LogP contribution in [0.3, 0.4) is 0 Å². The summed E-state index contributed by atoms with van der Waals surface area (Å²) in [6.45, 7) is 0. The smallest absolute Gasteiger partial charge is 0.161 e. The number of furan rings is 1. The summed E-state index contributed by atoms with van der Waals surface area (Å²) >= 11 is 0. The number of aromatic nitrogens is 1. The summed E-state index contributed by atoms with van der Waals surface area (Å²) in [4.78, 5) is 7.08. The highest BCUT2D eigenvalue weighted by atomic mass is 16.3. The molecule has 0 spiro atoms. The van der Waals surface area contributed by atoms with Crippen LogP contribution >= 0.6 is 0 Å². The molecule has 0 aliphatic heterocycles. The molecule has 0 saturated carbocycles. The lowest BCUT2D eigenvalue weighted by molar-refractivity contribution is 0.668. The lowest BCUT2D eigenvalue weighted by Gasteiger charge is -2.26. The van der Waals surface area contributed by atoms with Crippen LogP contribution < -0.4 is 4.90 Å². The van der Waals surface area contributed by atoms with E-state index in [0.717, 1.165) is 61.4 Å². The Bertz CT molecular complexity index is 2470. The number of pyridine rings is 1. The maximum atomic E-state index is 6.31. The molecule has 2 heterocycles. The summed E-state index contributed by atoms with van der Waals surface area (Å²) in [5, 5.41) is 2.18. The summed E-state index contributed by atoms with van der Waals surface area (Å²) in [5.74, 6) is 0. The topological polar surface area (TPSA) is 29.3 Å². The van der Waals surface area contributed by atoms with E-state index in [9.17, 15) is 0 Å². The zero-order valence-corrected chi connectivity index (χ0v) is 27.3. The minimum atomic E-state index is 0.813. The fraction of sp³-hybridized carbons (Fsp3) is 0. The van der Waals surface area contributed by atoms with Crippen LogP contribution in [0.2, 0.25) is 0 Å². The van der Waals surface area contributed by atoms with Crippen molar-refractivity contribution in [3.8, 4) is 44.6 Å². The number of fused-ring (bicyclic) bond motifs is 3. The van der Waals surface area contributed by atoms with Crippen molar-refractivity contribution in [2.75, 3.05) is 4.90 Å². The van der Waals surface area contributed by atoms with Gasteiger partial charge in [0.05, 0.1) is 0 Å². The molecule has 0 saturated heterocycles. The standard InChI is InChI=1S/C47H32N2O/c1-3-10-33(11-4-1)35-18-24-40(25-19-35)49(41-26-20-36(21-27-41)34-12-5-2-6-13-34)42-28-22-37(23-29-42)38-14-9-15-39(32-38)46-47-44(30-31-48-46)43-16-7-8-17-45(43)50-47/h1-32H. The Labute approximate surface area is 291 Å². The van der Waals surface area contributed by atoms with Gasteiger partial charge < -0.3 is 9.32 Å². The van der Waals surface area contributed by atoms with Crippen molar-refractivity contribution < 1.29 is 4.42 Å². The number of benzene rings is 7. The average Bonchev–Trinajstić information content (AvgIpc) is 3.59. The quantitative estimate of drug-likeness (QED) is 0.174. The summed E-state index contributed by atoms with van der Waals surface area (Å²) < 4.78 is 6.31. The van der Waals surface area contributed by atoms with E-state index < -0.39 is 0 Å². The first-order valence-electron chi connectivity index (χ1n) is 16.9. The van der Waals surface area contributed by atoms with E-state index in [2.05, 4.69) is 169 Å². The molecule has 9 rings (SSSR count). The van der Waals surface area contributed by atoms with Crippen LogP contribution in [0.15, 0.2) is 199 Å². The molecule has 0 amide bonds. The Kier molecular flexibility index (Phi) is 7.49. The van der Waals surface area contributed by atoms with Gasteiger partial charge in [-0.2, -0.15) is 0 Å². The molecule has 3 heteroatoms. The minimum absolute atomic E-state index is 0.813. The van der Waals surface area contributed by atoms with Crippen molar-refractivity contribution in [2.24, 2.45) is 0 Å². The Morgan fingerprint density at radius 1 is 0.360 bits per heavy atom. The molecule has 0 unspecified atom stereocenters. The van der Waals surface area contributed by atoms with E-state index in [1.807, 2.05) is 30.5 Å². The normalized spacial score (nSPS) is 11.2. The van der Waals surface area contributed by atoms with Gasteiger partial charge in [-0.3, -0.25) is 4.98 Å². The molecule has 0 aliphatic carbocycles. The van der Waals surface area contributed by atoms with Crippen LogP contribution in [-0.4, -0.2) is 4.98 Å². The monoisotopic (exact) mass is 640 g/mol. The van der Waals surface area contributed by atoms with Gasteiger partial charge in [0.25, 0.3) is 0 Å². The van der Waals surface area contributed by atoms with E-state index in [0.29, 0.717) is 0 Å². The summed E-state index contributed by atoms with van der Waals surface area (Å²) in [6, 6.07) is 66.2. The van der Waals surface area contributed by atoms with Gasteiger partial charge in [-0.1, -0.05) is 133 Å². The van der Waals surface area contributed by atoms with Gasteiger partial charge in [0.15, 0.2) is 5.58 Å². The number of hydrogen-bond donors (Lipinski definition) is 0. The number of hydrogen-bond acceptors (Lipinski definition) is 3. The van der Waals surface area contributed by atoms with Crippen molar-refractivity contribution in [1.29, 1.82) is 0 Å². The fourth-order valence-electron chi connectivity index (χ4n) is 6.82. The van der Waals surface area contributed by atoms with E-state index in [1.54, 1.807) is 0 Å². The number of rotatable bonds is 7. The molecule has 0 bridgehead atoms. The van der Waals surface area contributed by atoms with Crippen molar-refractivity contribution in [3.05, 3.63) is 194 Å². The summed E-state index contributed by atoms with van der Waals surface area (Å²) in [5.41, 5.74) is 13.9. The maximum absolute atomic E-state index is 6.31.